The molecule has 0 heterocycles. The highest BCUT2D eigenvalue weighted by molar-refractivity contribution is 7.89. The fraction of sp³-hybridized carbons (Fsp3) is 0.143. The average molecular weight is 372 g/mol. The maximum Gasteiger partial charge on any atom is 0.293 e. The molecule has 0 aliphatic rings. The highest BCUT2D eigenvalue weighted by Gasteiger charge is 2.20. The van der Waals surface area contributed by atoms with Crippen LogP contribution < -0.4 is 10.5 Å². The molecule has 0 amide bonds. The summed E-state index contributed by atoms with van der Waals surface area (Å²) in [5.74, 6) is 0. The average Bonchev–Trinajstić information content (AvgIpc) is 2.51. The number of sulfonamides is 1. The molecule has 0 aliphatic heterocycles. The summed E-state index contributed by atoms with van der Waals surface area (Å²) in [5.41, 5.74) is 0.0573. The van der Waals surface area contributed by atoms with E-state index in [4.69, 9.17) is 16.7 Å². The lowest BCUT2D eigenvalue weighted by atomic mass is 10.1. The van der Waals surface area contributed by atoms with Crippen LogP contribution in [-0.2, 0) is 10.0 Å². The van der Waals surface area contributed by atoms with Crippen molar-refractivity contribution in [3.8, 4) is 0 Å². The van der Waals surface area contributed by atoms with Gasteiger partial charge in [0.25, 0.3) is 5.69 Å². The van der Waals surface area contributed by atoms with E-state index in [9.17, 15) is 23.6 Å². The first-order valence-electron chi connectivity index (χ1n) is 6.67. The van der Waals surface area contributed by atoms with Crippen LogP contribution >= 0.6 is 11.6 Å². The Labute approximate surface area is 143 Å². The molecule has 0 bridgehead atoms. The molecule has 1 atom stereocenters. The molecule has 0 aromatic heterocycles. The second-order valence-corrected chi connectivity index (χ2v) is 6.87. The van der Waals surface area contributed by atoms with E-state index >= 15 is 0 Å². The zero-order chi connectivity index (χ0) is 17.9. The molecule has 128 valence electrons. The van der Waals surface area contributed by atoms with Crippen molar-refractivity contribution in [1.82, 2.24) is 0 Å². The molecule has 8 nitrogen and oxygen atoms in total. The number of nitro groups is 1. The normalized spacial score (nSPS) is 12.6. The number of aliphatic hydroxyl groups is 1. The topological polar surface area (TPSA) is 136 Å². The van der Waals surface area contributed by atoms with Gasteiger partial charge in [0.05, 0.1) is 15.9 Å². The monoisotopic (exact) mass is 371 g/mol. The summed E-state index contributed by atoms with van der Waals surface area (Å²) in [5, 5.41) is 29.3. The molecule has 4 N–H and O–H groups in total. The number of nitro benzene ring substituents is 1. The molecule has 2 aromatic rings. The van der Waals surface area contributed by atoms with Gasteiger partial charge in [0, 0.05) is 23.2 Å². The van der Waals surface area contributed by atoms with Crippen LogP contribution in [0.2, 0.25) is 5.02 Å². The van der Waals surface area contributed by atoms with Gasteiger partial charge in [0.2, 0.25) is 10.0 Å². The van der Waals surface area contributed by atoms with Crippen molar-refractivity contribution < 1.29 is 18.4 Å². The van der Waals surface area contributed by atoms with Gasteiger partial charge in [0.1, 0.15) is 5.69 Å². The minimum absolute atomic E-state index is 0.0542. The van der Waals surface area contributed by atoms with E-state index in [0.29, 0.717) is 10.6 Å². The van der Waals surface area contributed by atoms with Crippen molar-refractivity contribution in [3.63, 3.8) is 0 Å². The van der Waals surface area contributed by atoms with Gasteiger partial charge in [-0.1, -0.05) is 29.8 Å². The summed E-state index contributed by atoms with van der Waals surface area (Å²) in [6.45, 7) is -0.0563. The lowest BCUT2D eigenvalue weighted by Crippen LogP contribution is -2.15. The second kappa shape index (κ2) is 7.14. The standard InChI is InChI=1S/C14H14ClN3O5S/c15-11-4-2-1-3-10(11)14(19)8-17-12-6-5-9(24(16,22)23)7-13(12)18(20)21/h1-7,14,17,19H,8H2,(H2,16,22,23). The largest absolute Gasteiger partial charge is 0.387 e. The number of benzene rings is 2. The summed E-state index contributed by atoms with van der Waals surface area (Å²) in [6.07, 6.45) is -1.00. The number of hydrogen-bond donors (Lipinski definition) is 3. The van der Waals surface area contributed by atoms with Crippen LogP contribution in [0.4, 0.5) is 11.4 Å². The molecule has 0 saturated carbocycles. The molecular formula is C14H14ClN3O5S. The van der Waals surface area contributed by atoms with E-state index in [2.05, 4.69) is 5.32 Å². The molecular weight excluding hydrogens is 358 g/mol. The van der Waals surface area contributed by atoms with Gasteiger partial charge in [-0.3, -0.25) is 10.1 Å². The highest BCUT2D eigenvalue weighted by Crippen LogP contribution is 2.29. The predicted molar refractivity (Wildman–Crippen MR) is 89.4 cm³/mol. The molecule has 0 saturated heterocycles. The fourth-order valence-corrected chi connectivity index (χ4v) is 2.85. The van der Waals surface area contributed by atoms with Gasteiger partial charge in [-0.25, -0.2) is 13.6 Å². The van der Waals surface area contributed by atoms with E-state index < -0.39 is 26.7 Å². The molecule has 2 aromatic carbocycles. The SMILES string of the molecule is NS(=O)(=O)c1ccc(NCC(O)c2ccccc2Cl)c([N+](=O)[O-])c1. The first kappa shape index (κ1) is 18.1. The maximum absolute atomic E-state index is 11.3. The number of nitrogens with one attached hydrogen (secondary N) is 1. The van der Waals surface area contributed by atoms with Crippen molar-refractivity contribution in [2.75, 3.05) is 11.9 Å². The quantitative estimate of drug-likeness (QED) is 0.525. The van der Waals surface area contributed by atoms with E-state index in [0.717, 1.165) is 12.1 Å². The van der Waals surface area contributed by atoms with Crippen molar-refractivity contribution in [1.29, 1.82) is 0 Å². The van der Waals surface area contributed by atoms with E-state index in [1.807, 2.05) is 0 Å². The van der Waals surface area contributed by atoms with Gasteiger partial charge in [0.15, 0.2) is 0 Å². The summed E-state index contributed by atoms with van der Waals surface area (Å²) in [4.78, 5) is 10.0. The molecule has 0 fully saturated rings. The number of nitrogens with two attached hydrogens (primary N) is 1. The van der Waals surface area contributed by atoms with Crippen LogP contribution in [0.25, 0.3) is 0 Å². The lowest BCUT2D eigenvalue weighted by Gasteiger charge is -2.14. The summed E-state index contributed by atoms with van der Waals surface area (Å²) < 4.78 is 22.6. The summed E-state index contributed by atoms with van der Waals surface area (Å²) in [7, 11) is -4.05. The number of primary sulfonamides is 1. The van der Waals surface area contributed by atoms with E-state index in [1.165, 1.54) is 6.07 Å². The van der Waals surface area contributed by atoms with Crippen LogP contribution in [0.3, 0.4) is 0 Å². The van der Waals surface area contributed by atoms with Crippen LogP contribution in [0.5, 0.6) is 0 Å². The molecule has 0 radical (unpaired) electrons. The predicted octanol–water partition coefficient (Wildman–Crippen LogP) is 2.04. The molecule has 10 heteroatoms. The van der Waals surface area contributed by atoms with Crippen LogP contribution in [0.1, 0.15) is 11.7 Å². The molecule has 1 unspecified atom stereocenters. The molecule has 2 rings (SSSR count). The Bertz CT molecular complexity index is 872. The van der Waals surface area contributed by atoms with E-state index in [-0.39, 0.29) is 17.1 Å². The maximum atomic E-state index is 11.3. The number of nitrogens with zero attached hydrogens (tertiary/aromatic N) is 1. The Morgan fingerprint density at radius 1 is 1.29 bits per heavy atom. The minimum Gasteiger partial charge on any atom is -0.387 e. The van der Waals surface area contributed by atoms with Crippen molar-refractivity contribution in [3.05, 3.63) is 63.2 Å². The molecule has 0 spiro atoms. The summed E-state index contributed by atoms with van der Waals surface area (Å²) in [6, 6.07) is 9.89. The van der Waals surface area contributed by atoms with Gasteiger partial charge >= 0.3 is 0 Å². The Morgan fingerprint density at radius 2 is 1.96 bits per heavy atom. The summed E-state index contributed by atoms with van der Waals surface area (Å²) >= 11 is 5.98. The first-order valence-corrected chi connectivity index (χ1v) is 8.60. The zero-order valence-corrected chi connectivity index (χ0v) is 13.8. The third-order valence-electron chi connectivity index (χ3n) is 3.24. The molecule has 0 aliphatic carbocycles. The van der Waals surface area contributed by atoms with Gasteiger partial charge in [-0.2, -0.15) is 0 Å². The van der Waals surface area contributed by atoms with Crippen molar-refractivity contribution >= 4 is 33.0 Å². The lowest BCUT2D eigenvalue weighted by molar-refractivity contribution is -0.384. The third kappa shape index (κ3) is 4.20. The fourth-order valence-electron chi connectivity index (χ4n) is 2.05. The second-order valence-electron chi connectivity index (χ2n) is 4.90. The number of aliphatic hydroxyl groups excluding tert-OH is 1. The van der Waals surface area contributed by atoms with E-state index in [1.54, 1.807) is 24.3 Å². The Kier molecular flexibility index (Phi) is 5.40. The van der Waals surface area contributed by atoms with Gasteiger partial charge in [-0.05, 0) is 18.2 Å². The Morgan fingerprint density at radius 3 is 2.54 bits per heavy atom. The Hall–Kier alpha value is -2.20. The van der Waals surface area contributed by atoms with Gasteiger partial charge in [-0.15, -0.1) is 0 Å². The van der Waals surface area contributed by atoms with Crippen LogP contribution in [0, 0.1) is 10.1 Å². The first-order chi connectivity index (χ1) is 11.2. The van der Waals surface area contributed by atoms with Crippen LogP contribution in [-0.4, -0.2) is 25.0 Å². The molecule has 24 heavy (non-hydrogen) atoms. The third-order valence-corrected chi connectivity index (χ3v) is 4.50. The Balaban J connectivity index is 2.24. The minimum atomic E-state index is -4.05. The number of hydrogen-bond acceptors (Lipinski definition) is 6. The van der Waals surface area contributed by atoms with Crippen molar-refractivity contribution in [2.24, 2.45) is 5.14 Å². The number of anilines is 1. The van der Waals surface area contributed by atoms with Crippen LogP contribution in [0.15, 0.2) is 47.4 Å². The van der Waals surface area contributed by atoms with Crippen molar-refractivity contribution in [2.45, 2.75) is 11.0 Å². The number of rotatable bonds is 6. The zero-order valence-electron chi connectivity index (χ0n) is 12.2. The smallest absolute Gasteiger partial charge is 0.293 e. The number of halogens is 1. The van der Waals surface area contributed by atoms with Gasteiger partial charge < -0.3 is 10.4 Å². The highest BCUT2D eigenvalue weighted by atomic mass is 35.5.